The van der Waals surface area contributed by atoms with E-state index in [1.165, 1.54) is 0 Å². The number of rotatable bonds is 2. The second kappa shape index (κ2) is 6.24. The third-order valence-electron chi connectivity index (χ3n) is 2.64. The van der Waals surface area contributed by atoms with Crippen molar-refractivity contribution in [3.63, 3.8) is 0 Å². The standard InChI is InChI=1S/C14H12Cl2N2S/c1-9-10(15)6-4-8-12(9)17-14(19)18-13-7-3-2-5-11(13)16/h2-8H,1H3,(H2,17,18,19). The summed E-state index contributed by atoms with van der Waals surface area (Å²) in [5.41, 5.74) is 2.59. The molecule has 0 fully saturated rings. The van der Waals surface area contributed by atoms with Crippen molar-refractivity contribution in [3.8, 4) is 0 Å². The number of para-hydroxylation sites is 1. The first-order chi connectivity index (χ1) is 9.08. The Morgan fingerprint density at radius 1 is 0.895 bits per heavy atom. The highest BCUT2D eigenvalue weighted by Gasteiger charge is 2.05. The molecule has 2 rings (SSSR count). The summed E-state index contributed by atoms with van der Waals surface area (Å²) < 4.78 is 0. The molecule has 0 aliphatic rings. The van der Waals surface area contributed by atoms with Crippen molar-refractivity contribution >= 4 is 51.9 Å². The molecule has 0 amide bonds. The molecule has 2 aromatic rings. The minimum absolute atomic E-state index is 0.471. The molecule has 0 saturated heterocycles. The average molecular weight is 311 g/mol. The Morgan fingerprint density at radius 3 is 2.21 bits per heavy atom. The molecule has 98 valence electrons. The van der Waals surface area contributed by atoms with Crippen LogP contribution in [0.3, 0.4) is 0 Å². The van der Waals surface area contributed by atoms with E-state index >= 15 is 0 Å². The molecule has 0 bridgehead atoms. The highest BCUT2D eigenvalue weighted by molar-refractivity contribution is 7.80. The predicted molar refractivity (Wildman–Crippen MR) is 87.5 cm³/mol. The van der Waals surface area contributed by atoms with Gasteiger partial charge in [0.25, 0.3) is 0 Å². The fourth-order valence-corrected chi connectivity index (χ4v) is 2.16. The highest BCUT2D eigenvalue weighted by Crippen LogP contribution is 2.24. The van der Waals surface area contributed by atoms with Crippen molar-refractivity contribution in [1.82, 2.24) is 0 Å². The number of halogens is 2. The molecule has 2 N–H and O–H groups in total. The van der Waals surface area contributed by atoms with E-state index in [-0.39, 0.29) is 0 Å². The highest BCUT2D eigenvalue weighted by atomic mass is 35.5. The number of anilines is 2. The van der Waals surface area contributed by atoms with Gasteiger partial charge in [-0.25, -0.2) is 0 Å². The summed E-state index contributed by atoms with van der Waals surface area (Å²) in [4.78, 5) is 0. The van der Waals surface area contributed by atoms with E-state index in [1.54, 1.807) is 6.07 Å². The molecule has 0 atom stereocenters. The Bertz CT molecular complexity index is 614. The fourth-order valence-electron chi connectivity index (χ4n) is 1.58. The van der Waals surface area contributed by atoms with Crippen molar-refractivity contribution in [2.75, 3.05) is 10.6 Å². The Labute approximate surface area is 127 Å². The lowest BCUT2D eigenvalue weighted by molar-refractivity contribution is 1.45. The molecule has 5 heteroatoms. The number of nitrogens with one attached hydrogen (secondary N) is 2. The molecular formula is C14H12Cl2N2S. The van der Waals surface area contributed by atoms with Gasteiger partial charge in [-0.2, -0.15) is 0 Å². The molecule has 0 aliphatic heterocycles. The number of thiocarbonyl (C=S) groups is 1. The Hall–Kier alpha value is -1.29. The Balaban J connectivity index is 2.10. The molecule has 0 radical (unpaired) electrons. The summed E-state index contributed by atoms with van der Waals surface area (Å²) in [5, 5.41) is 7.94. The van der Waals surface area contributed by atoms with E-state index < -0.39 is 0 Å². The van der Waals surface area contributed by atoms with Crippen LogP contribution in [0.1, 0.15) is 5.56 Å². The zero-order chi connectivity index (χ0) is 13.8. The molecule has 19 heavy (non-hydrogen) atoms. The summed E-state index contributed by atoms with van der Waals surface area (Å²) in [6.07, 6.45) is 0. The van der Waals surface area contributed by atoms with E-state index in [4.69, 9.17) is 35.4 Å². The number of benzene rings is 2. The van der Waals surface area contributed by atoms with Gasteiger partial charge in [0.1, 0.15) is 0 Å². The predicted octanol–water partition coefficient (Wildman–Crippen LogP) is 5.11. The Morgan fingerprint density at radius 2 is 1.47 bits per heavy atom. The van der Waals surface area contributed by atoms with Crippen LogP contribution in [0.15, 0.2) is 42.5 Å². The van der Waals surface area contributed by atoms with Crippen molar-refractivity contribution in [3.05, 3.63) is 58.1 Å². The topological polar surface area (TPSA) is 24.1 Å². The summed E-state index contributed by atoms with van der Waals surface area (Å²) in [6.45, 7) is 1.93. The molecule has 0 aliphatic carbocycles. The SMILES string of the molecule is Cc1c(Cl)cccc1NC(=S)Nc1ccccc1Cl. The first-order valence-corrected chi connectivity index (χ1v) is 6.82. The number of hydrogen-bond acceptors (Lipinski definition) is 1. The zero-order valence-corrected chi connectivity index (χ0v) is 12.5. The van der Waals surface area contributed by atoms with E-state index in [0.717, 1.165) is 16.9 Å². The number of hydrogen-bond donors (Lipinski definition) is 2. The quantitative estimate of drug-likeness (QED) is 0.754. The maximum atomic E-state index is 6.06. The largest absolute Gasteiger partial charge is 0.332 e. The Kier molecular flexibility index (Phi) is 4.64. The molecule has 0 unspecified atom stereocenters. The lowest BCUT2D eigenvalue weighted by Gasteiger charge is -2.13. The van der Waals surface area contributed by atoms with Gasteiger partial charge in [0.05, 0.1) is 10.7 Å². The van der Waals surface area contributed by atoms with Gasteiger partial charge < -0.3 is 10.6 Å². The van der Waals surface area contributed by atoms with Crippen LogP contribution in [0.2, 0.25) is 10.0 Å². The van der Waals surface area contributed by atoms with Crippen LogP contribution in [0.4, 0.5) is 11.4 Å². The van der Waals surface area contributed by atoms with Gasteiger partial charge in [-0.1, -0.05) is 41.4 Å². The third-order valence-corrected chi connectivity index (χ3v) is 3.58. The third kappa shape index (κ3) is 3.60. The normalized spacial score (nSPS) is 10.1. The molecule has 2 nitrogen and oxygen atoms in total. The smallest absolute Gasteiger partial charge is 0.175 e. The lowest BCUT2D eigenvalue weighted by atomic mass is 10.2. The molecule has 0 spiro atoms. The van der Waals surface area contributed by atoms with Crippen molar-refractivity contribution in [1.29, 1.82) is 0 Å². The maximum Gasteiger partial charge on any atom is 0.175 e. The van der Waals surface area contributed by atoms with E-state index in [1.807, 2.05) is 43.3 Å². The van der Waals surface area contributed by atoms with Gasteiger partial charge in [0.2, 0.25) is 0 Å². The fraction of sp³-hybridized carbons (Fsp3) is 0.0714. The molecule has 0 aromatic heterocycles. The first kappa shape index (κ1) is 14.1. The van der Waals surface area contributed by atoms with Crippen LogP contribution in [-0.4, -0.2) is 5.11 Å². The van der Waals surface area contributed by atoms with Crippen molar-refractivity contribution in [2.24, 2.45) is 0 Å². The molecule has 2 aromatic carbocycles. The first-order valence-electron chi connectivity index (χ1n) is 5.65. The van der Waals surface area contributed by atoms with Crippen LogP contribution >= 0.6 is 35.4 Å². The van der Waals surface area contributed by atoms with Gasteiger partial charge in [0.15, 0.2) is 5.11 Å². The summed E-state index contributed by atoms with van der Waals surface area (Å²) in [7, 11) is 0. The van der Waals surface area contributed by atoms with Crippen LogP contribution < -0.4 is 10.6 Å². The summed E-state index contributed by atoms with van der Waals surface area (Å²) >= 11 is 17.4. The van der Waals surface area contributed by atoms with Crippen LogP contribution in [-0.2, 0) is 0 Å². The van der Waals surface area contributed by atoms with Gasteiger partial charge >= 0.3 is 0 Å². The van der Waals surface area contributed by atoms with Crippen LogP contribution in [0.25, 0.3) is 0 Å². The summed E-state index contributed by atoms with van der Waals surface area (Å²) in [5.74, 6) is 0. The average Bonchev–Trinajstić information content (AvgIpc) is 2.38. The van der Waals surface area contributed by atoms with Gasteiger partial charge in [-0.3, -0.25) is 0 Å². The second-order valence-corrected chi connectivity index (χ2v) is 5.19. The van der Waals surface area contributed by atoms with Crippen molar-refractivity contribution in [2.45, 2.75) is 6.92 Å². The van der Waals surface area contributed by atoms with Crippen LogP contribution in [0.5, 0.6) is 0 Å². The second-order valence-electron chi connectivity index (χ2n) is 3.97. The van der Waals surface area contributed by atoms with E-state index in [2.05, 4.69) is 10.6 Å². The lowest BCUT2D eigenvalue weighted by Crippen LogP contribution is -2.19. The summed E-state index contributed by atoms with van der Waals surface area (Å²) in [6, 6.07) is 13.1. The van der Waals surface area contributed by atoms with Gasteiger partial charge in [-0.15, -0.1) is 0 Å². The minimum Gasteiger partial charge on any atom is -0.332 e. The monoisotopic (exact) mass is 310 g/mol. The zero-order valence-electron chi connectivity index (χ0n) is 10.2. The molecule has 0 heterocycles. The molecule has 0 saturated carbocycles. The van der Waals surface area contributed by atoms with E-state index in [9.17, 15) is 0 Å². The van der Waals surface area contributed by atoms with Gasteiger partial charge in [0, 0.05) is 10.7 Å². The maximum absolute atomic E-state index is 6.06. The van der Waals surface area contributed by atoms with E-state index in [0.29, 0.717) is 15.2 Å². The molecular weight excluding hydrogens is 299 g/mol. The van der Waals surface area contributed by atoms with Crippen molar-refractivity contribution < 1.29 is 0 Å². The minimum atomic E-state index is 0.471. The van der Waals surface area contributed by atoms with Gasteiger partial charge in [-0.05, 0) is 49.0 Å². The van der Waals surface area contributed by atoms with Crippen LogP contribution in [0, 0.1) is 6.92 Å².